The van der Waals surface area contributed by atoms with Crippen LogP contribution < -0.4 is 5.32 Å². The molecule has 0 bridgehead atoms. The number of hydrogen-bond acceptors (Lipinski definition) is 4. The van der Waals surface area contributed by atoms with Crippen molar-refractivity contribution in [3.63, 3.8) is 0 Å². The van der Waals surface area contributed by atoms with Gasteiger partial charge in [-0.05, 0) is 72.4 Å². The van der Waals surface area contributed by atoms with E-state index in [1.54, 1.807) is 4.88 Å². The van der Waals surface area contributed by atoms with Crippen LogP contribution in [0.1, 0.15) is 40.2 Å². The number of nitrogens with one attached hydrogen (secondary N) is 1. The zero-order chi connectivity index (χ0) is 14.8. The lowest BCUT2D eigenvalue weighted by Crippen LogP contribution is -2.33. The second-order valence-electron chi connectivity index (χ2n) is 5.78. The second kappa shape index (κ2) is 6.92. The summed E-state index contributed by atoms with van der Waals surface area (Å²) in [5.41, 5.74) is 1.52. The molecule has 0 spiro atoms. The van der Waals surface area contributed by atoms with E-state index in [2.05, 4.69) is 63.8 Å². The fraction of sp³-hybridized carbons (Fsp3) is 0.500. The second-order valence-corrected chi connectivity index (χ2v) is 9.27. The maximum absolute atomic E-state index is 3.81. The Bertz CT molecular complexity index is 577. The molecular weight excluding hydrogens is 364 g/mol. The molecule has 0 saturated carbocycles. The van der Waals surface area contributed by atoms with Gasteiger partial charge in [0.05, 0.1) is 9.83 Å². The average molecular weight is 385 g/mol. The molecule has 1 aliphatic rings. The third-order valence-electron chi connectivity index (χ3n) is 4.14. The lowest BCUT2D eigenvalue weighted by Gasteiger charge is -2.29. The van der Waals surface area contributed by atoms with Crippen molar-refractivity contribution in [2.75, 3.05) is 20.6 Å². The SMILES string of the molecule is CN(C)C(CNC1CCCc2sc(Br)cc21)c1cccs1. The van der Waals surface area contributed by atoms with Crippen molar-refractivity contribution < 1.29 is 0 Å². The fourth-order valence-electron chi connectivity index (χ4n) is 3.01. The molecule has 0 amide bonds. The number of halogens is 1. The summed E-state index contributed by atoms with van der Waals surface area (Å²) in [6.45, 7) is 1.01. The molecule has 0 aliphatic heterocycles. The number of aryl methyl sites for hydroxylation is 1. The minimum atomic E-state index is 0.456. The lowest BCUT2D eigenvalue weighted by atomic mass is 9.94. The van der Waals surface area contributed by atoms with E-state index in [-0.39, 0.29) is 0 Å². The highest BCUT2D eigenvalue weighted by Crippen LogP contribution is 2.38. The zero-order valence-electron chi connectivity index (χ0n) is 12.4. The van der Waals surface area contributed by atoms with Crippen molar-refractivity contribution in [3.05, 3.63) is 42.7 Å². The topological polar surface area (TPSA) is 15.3 Å². The molecule has 2 atom stereocenters. The summed E-state index contributed by atoms with van der Waals surface area (Å²) in [4.78, 5) is 5.31. The molecule has 2 aromatic rings. The molecule has 0 fully saturated rings. The van der Waals surface area contributed by atoms with Crippen molar-refractivity contribution in [3.8, 4) is 0 Å². The van der Waals surface area contributed by atoms with Crippen LogP contribution in [-0.4, -0.2) is 25.5 Å². The standard InChI is InChI=1S/C16H21BrN2S2/c1-19(2)13(15-7-4-8-20-15)10-18-12-5-3-6-14-11(12)9-16(17)21-14/h4,7-9,12-13,18H,3,5-6,10H2,1-2H3. The lowest BCUT2D eigenvalue weighted by molar-refractivity contribution is 0.279. The monoisotopic (exact) mass is 384 g/mol. The van der Waals surface area contributed by atoms with Gasteiger partial charge in [-0.25, -0.2) is 0 Å². The summed E-state index contributed by atoms with van der Waals surface area (Å²) in [6.07, 6.45) is 3.79. The quantitative estimate of drug-likeness (QED) is 0.792. The predicted octanol–water partition coefficient (Wildman–Crippen LogP) is 4.84. The number of thiophene rings is 2. The largest absolute Gasteiger partial charge is 0.308 e. The number of hydrogen-bond donors (Lipinski definition) is 1. The minimum absolute atomic E-state index is 0.456. The smallest absolute Gasteiger partial charge is 0.0704 e. The van der Waals surface area contributed by atoms with Crippen LogP contribution in [0, 0.1) is 0 Å². The van der Waals surface area contributed by atoms with Crippen LogP contribution in [0.25, 0.3) is 0 Å². The zero-order valence-corrected chi connectivity index (χ0v) is 15.7. The van der Waals surface area contributed by atoms with Crippen LogP contribution in [0.3, 0.4) is 0 Å². The highest BCUT2D eigenvalue weighted by molar-refractivity contribution is 9.11. The third-order valence-corrected chi connectivity index (χ3v) is 6.82. The average Bonchev–Trinajstić information content (AvgIpc) is 3.07. The summed E-state index contributed by atoms with van der Waals surface area (Å²) in [5, 5.41) is 5.98. The molecule has 5 heteroatoms. The van der Waals surface area contributed by atoms with E-state index in [0.29, 0.717) is 12.1 Å². The maximum atomic E-state index is 3.81. The van der Waals surface area contributed by atoms with Gasteiger partial charge in [0.1, 0.15) is 0 Å². The molecule has 114 valence electrons. The Kier molecular flexibility index (Phi) is 5.17. The molecule has 0 radical (unpaired) electrons. The van der Waals surface area contributed by atoms with E-state index in [1.165, 1.54) is 33.5 Å². The molecule has 2 unspecified atom stereocenters. The molecule has 2 nitrogen and oxygen atoms in total. The van der Waals surface area contributed by atoms with Gasteiger partial charge in [-0.2, -0.15) is 0 Å². The number of likely N-dealkylation sites (N-methyl/N-ethyl adjacent to an activating group) is 1. The summed E-state index contributed by atoms with van der Waals surface area (Å²) >= 11 is 7.39. The number of rotatable bonds is 5. The first-order valence-electron chi connectivity index (χ1n) is 7.36. The Hall–Kier alpha value is -0.200. The van der Waals surface area contributed by atoms with Gasteiger partial charge in [0.2, 0.25) is 0 Å². The van der Waals surface area contributed by atoms with Crippen molar-refractivity contribution in [2.24, 2.45) is 0 Å². The van der Waals surface area contributed by atoms with E-state index < -0.39 is 0 Å². The highest BCUT2D eigenvalue weighted by atomic mass is 79.9. The van der Waals surface area contributed by atoms with E-state index in [4.69, 9.17) is 0 Å². The first kappa shape index (κ1) is 15.7. The van der Waals surface area contributed by atoms with Gasteiger partial charge in [-0.1, -0.05) is 6.07 Å². The normalized spacial score (nSPS) is 19.7. The van der Waals surface area contributed by atoms with E-state index in [1.807, 2.05) is 22.7 Å². The Morgan fingerprint density at radius 2 is 2.33 bits per heavy atom. The summed E-state index contributed by atoms with van der Waals surface area (Å²) in [7, 11) is 4.33. The van der Waals surface area contributed by atoms with Crippen LogP contribution in [-0.2, 0) is 6.42 Å². The van der Waals surface area contributed by atoms with Crippen molar-refractivity contribution in [2.45, 2.75) is 31.3 Å². The molecule has 2 aromatic heterocycles. The van der Waals surface area contributed by atoms with Crippen LogP contribution >= 0.6 is 38.6 Å². The number of nitrogens with zero attached hydrogens (tertiary/aromatic N) is 1. The van der Waals surface area contributed by atoms with E-state index in [9.17, 15) is 0 Å². The predicted molar refractivity (Wildman–Crippen MR) is 96.4 cm³/mol. The molecule has 0 aromatic carbocycles. The molecule has 2 heterocycles. The fourth-order valence-corrected chi connectivity index (χ4v) is 5.75. The highest BCUT2D eigenvalue weighted by Gasteiger charge is 2.24. The first-order chi connectivity index (χ1) is 10.1. The van der Waals surface area contributed by atoms with Crippen LogP contribution in [0.4, 0.5) is 0 Å². The van der Waals surface area contributed by atoms with Gasteiger partial charge >= 0.3 is 0 Å². The Morgan fingerprint density at radius 3 is 3.05 bits per heavy atom. The Labute approximate surface area is 143 Å². The van der Waals surface area contributed by atoms with Gasteiger partial charge < -0.3 is 10.2 Å². The van der Waals surface area contributed by atoms with Gasteiger partial charge in [0, 0.05) is 22.3 Å². The number of fused-ring (bicyclic) bond motifs is 1. The summed E-state index contributed by atoms with van der Waals surface area (Å²) < 4.78 is 1.27. The van der Waals surface area contributed by atoms with E-state index >= 15 is 0 Å². The third kappa shape index (κ3) is 3.59. The van der Waals surface area contributed by atoms with Crippen LogP contribution in [0.5, 0.6) is 0 Å². The molecule has 1 N–H and O–H groups in total. The Morgan fingerprint density at radius 1 is 1.48 bits per heavy atom. The summed E-state index contributed by atoms with van der Waals surface area (Å²) in [5.74, 6) is 0. The van der Waals surface area contributed by atoms with Crippen molar-refractivity contribution >= 4 is 38.6 Å². The minimum Gasteiger partial charge on any atom is -0.308 e. The summed E-state index contributed by atoms with van der Waals surface area (Å²) in [6, 6.07) is 7.67. The van der Waals surface area contributed by atoms with Gasteiger partial charge in [0.25, 0.3) is 0 Å². The van der Waals surface area contributed by atoms with Crippen molar-refractivity contribution in [1.29, 1.82) is 0 Å². The van der Waals surface area contributed by atoms with E-state index in [0.717, 1.165) is 6.54 Å². The molecule has 21 heavy (non-hydrogen) atoms. The van der Waals surface area contributed by atoms with Gasteiger partial charge in [-0.3, -0.25) is 0 Å². The van der Waals surface area contributed by atoms with Gasteiger partial charge in [0.15, 0.2) is 0 Å². The van der Waals surface area contributed by atoms with Crippen molar-refractivity contribution in [1.82, 2.24) is 10.2 Å². The van der Waals surface area contributed by atoms with Crippen LogP contribution in [0.2, 0.25) is 0 Å². The van der Waals surface area contributed by atoms with Crippen LogP contribution in [0.15, 0.2) is 27.4 Å². The maximum Gasteiger partial charge on any atom is 0.0704 e. The first-order valence-corrected chi connectivity index (χ1v) is 9.85. The molecule has 3 rings (SSSR count). The van der Waals surface area contributed by atoms with Gasteiger partial charge in [-0.15, -0.1) is 22.7 Å². The molecule has 0 saturated heterocycles. The molecule has 1 aliphatic carbocycles. The molecular formula is C16H21BrN2S2. The Balaban J connectivity index is 1.70.